The van der Waals surface area contributed by atoms with E-state index in [0.29, 0.717) is 19.3 Å². The van der Waals surface area contributed by atoms with Crippen LogP contribution in [0.5, 0.6) is 0 Å². The van der Waals surface area contributed by atoms with Crippen molar-refractivity contribution in [2.45, 2.75) is 213 Å². The number of rotatable bonds is 43. The van der Waals surface area contributed by atoms with E-state index in [-0.39, 0.29) is 31.6 Å². The SMILES string of the molecule is CC/C=C\C/C=C\C/C=C\C/C=C\C/C=C\CC(=O)OC(COC(=O)CCCCCCC/C=C\CCCCC)COC(=O)CCCCCCCCC/C=C\C/C=C\C/C=C\CC. The largest absolute Gasteiger partial charge is 0.462 e. The maximum atomic E-state index is 12.7. The average molecular weight is 859 g/mol. The minimum atomic E-state index is -0.840. The van der Waals surface area contributed by atoms with Gasteiger partial charge in [-0.2, -0.15) is 0 Å². The highest BCUT2D eigenvalue weighted by molar-refractivity contribution is 5.72. The summed E-state index contributed by atoms with van der Waals surface area (Å²) in [6.45, 7) is 6.27. The molecule has 0 aromatic rings. The van der Waals surface area contributed by atoms with Crippen LogP contribution >= 0.6 is 0 Å². The molecule has 6 nitrogen and oxygen atoms in total. The minimum Gasteiger partial charge on any atom is -0.462 e. The fourth-order valence-electron chi connectivity index (χ4n) is 6.35. The Balaban J connectivity index is 4.54. The molecule has 0 radical (unpaired) electrons. The second-order valence-corrected chi connectivity index (χ2v) is 16.0. The van der Waals surface area contributed by atoms with Crippen molar-refractivity contribution in [3.8, 4) is 0 Å². The van der Waals surface area contributed by atoms with Gasteiger partial charge in [-0.1, -0.05) is 194 Å². The van der Waals surface area contributed by atoms with E-state index < -0.39 is 12.1 Å². The number of allylic oxidation sites excluding steroid dienone is 17. The van der Waals surface area contributed by atoms with Crippen LogP contribution in [0.25, 0.3) is 0 Å². The van der Waals surface area contributed by atoms with Crippen molar-refractivity contribution in [1.82, 2.24) is 0 Å². The van der Waals surface area contributed by atoms with E-state index in [9.17, 15) is 14.4 Å². The monoisotopic (exact) mass is 859 g/mol. The third-order valence-corrected chi connectivity index (χ3v) is 10.0. The van der Waals surface area contributed by atoms with Crippen molar-refractivity contribution in [3.63, 3.8) is 0 Å². The molecule has 0 spiro atoms. The zero-order chi connectivity index (χ0) is 45.1. The molecule has 6 heteroatoms. The highest BCUT2D eigenvalue weighted by Crippen LogP contribution is 2.13. The smallest absolute Gasteiger partial charge is 0.310 e. The van der Waals surface area contributed by atoms with Crippen molar-refractivity contribution < 1.29 is 28.6 Å². The Morgan fingerprint density at radius 1 is 0.355 bits per heavy atom. The first-order valence-corrected chi connectivity index (χ1v) is 24.9. The fraction of sp³-hybridized carbons (Fsp3) is 0.625. The minimum absolute atomic E-state index is 0.0896. The normalized spacial score (nSPS) is 13.0. The van der Waals surface area contributed by atoms with Crippen LogP contribution in [0.15, 0.2) is 109 Å². The molecule has 1 atom stereocenters. The standard InChI is InChI=1S/C56H90O6/c1-4-7-10-13-16-19-22-25-27-28-30-31-34-37-40-43-46-49-55(58)61-52-53(51-60-54(57)48-45-42-39-36-33-24-21-18-15-12-9-6-3)62-56(59)50-47-44-41-38-35-32-29-26-23-20-17-14-11-8-5-2/h7-8,10-11,16-21,25-27,29,35,38,44,47,53H,4-6,9,12-15,22-24,28,30-34,36-37,39-43,45-46,48-52H2,1-3H3/b10-7-,11-8-,19-16-,20-17-,21-18-,27-25-,29-26-,38-35-,47-44-. The lowest BCUT2D eigenvalue weighted by molar-refractivity contribution is -0.166. The average Bonchev–Trinajstić information content (AvgIpc) is 3.27. The van der Waals surface area contributed by atoms with Gasteiger partial charge in [-0.3, -0.25) is 14.4 Å². The first kappa shape index (κ1) is 58.1. The lowest BCUT2D eigenvalue weighted by atomic mass is 10.1. The van der Waals surface area contributed by atoms with E-state index in [1.54, 1.807) is 6.08 Å². The molecule has 0 heterocycles. The van der Waals surface area contributed by atoms with E-state index in [0.717, 1.165) is 103 Å². The van der Waals surface area contributed by atoms with Gasteiger partial charge in [0.1, 0.15) is 13.2 Å². The number of hydrogen-bond donors (Lipinski definition) is 0. The number of esters is 3. The summed E-state index contributed by atoms with van der Waals surface area (Å²) in [5.74, 6) is -1.08. The van der Waals surface area contributed by atoms with Crippen LogP contribution in [-0.4, -0.2) is 37.2 Å². The molecule has 0 bridgehead atoms. The van der Waals surface area contributed by atoms with Crippen molar-refractivity contribution in [1.29, 1.82) is 0 Å². The molecule has 0 amide bonds. The topological polar surface area (TPSA) is 78.9 Å². The van der Waals surface area contributed by atoms with Gasteiger partial charge in [0.25, 0.3) is 0 Å². The fourth-order valence-corrected chi connectivity index (χ4v) is 6.35. The zero-order valence-corrected chi connectivity index (χ0v) is 39.8. The van der Waals surface area contributed by atoms with Crippen LogP contribution in [-0.2, 0) is 28.6 Å². The Hall–Kier alpha value is -3.93. The predicted molar refractivity (Wildman–Crippen MR) is 265 cm³/mol. The molecule has 0 N–H and O–H groups in total. The summed E-state index contributed by atoms with van der Waals surface area (Å²) in [5, 5.41) is 0. The van der Waals surface area contributed by atoms with E-state index in [4.69, 9.17) is 14.2 Å². The highest BCUT2D eigenvalue weighted by atomic mass is 16.6. The molecule has 0 aromatic carbocycles. The van der Waals surface area contributed by atoms with E-state index in [2.05, 4.69) is 118 Å². The van der Waals surface area contributed by atoms with Crippen LogP contribution in [0.3, 0.4) is 0 Å². The van der Waals surface area contributed by atoms with Crippen LogP contribution in [0, 0.1) is 0 Å². The molecular weight excluding hydrogens is 769 g/mol. The van der Waals surface area contributed by atoms with E-state index in [1.807, 2.05) is 6.08 Å². The molecule has 0 aliphatic heterocycles. The Morgan fingerprint density at radius 3 is 1.08 bits per heavy atom. The number of ether oxygens (including phenoxy) is 3. The first-order chi connectivity index (χ1) is 30.5. The highest BCUT2D eigenvalue weighted by Gasteiger charge is 2.19. The summed E-state index contributed by atoms with van der Waals surface area (Å²) in [4.78, 5) is 37.9. The van der Waals surface area contributed by atoms with Gasteiger partial charge >= 0.3 is 17.9 Å². The second kappa shape index (κ2) is 49.7. The van der Waals surface area contributed by atoms with Crippen LogP contribution in [0.4, 0.5) is 0 Å². The zero-order valence-electron chi connectivity index (χ0n) is 39.8. The molecular formula is C56H90O6. The lowest BCUT2D eigenvalue weighted by Gasteiger charge is -2.18. The quantitative estimate of drug-likeness (QED) is 0.0263. The van der Waals surface area contributed by atoms with Gasteiger partial charge < -0.3 is 14.2 Å². The van der Waals surface area contributed by atoms with Gasteiger partial charge in [-0.05, 0) is 103 Å². The molecule has 350 valence electrons. The number of hydrogen-bond acceptors (Lipinski definition) is 6. The maximum Gasteiger partial charge on any atom is 0.310 e. The first-order valence-electron chi connectivity index (χ1n) is 24.9. The molecule has 0 saturated carbocycles. The predicted octanol–water partition coefficient (Wildman–Crippen LogP) is 16.4. The Morgan fingerprint density at radius 2 is 0.677 bits per heavy atom. The van der Waals surface area contributed by atoms with Crippen LogP contribution in [0.2, 0.25) is 0 Å². The van der Waals surface area contributed by atoms with Gasteiger partial charge in [0.15, 0.2) is 6.10 Å². The van der Waals surface area contributed by atoms with Crippen molar-refractivity contribution in [2.75, 3.05) is 13.2 Å². The number of unbranched alkanes of at least 4 members (excludes halogenated alkanes) is 15. The molecule has 0 aromatic heterocycles. The summed E-state index contributed by atoms with van der Waals surface area (Å²) < 4.78 is 16.6. The maximum absolute atomic E-state index is 12.7. The van der Waals surface area contributed by atoms with E-state index >= 15 is 0 Å². The van der Waals surface area contributed by atoms with Crippen LogP contribution < -0.4 is 0 Å². The molecule has 0 saturated heterocycles. The summed E-state index contributed by atoms with van der Waals surface area (Å²) in [5.41, 5.74) is 0. The lowest BCUT2D eigenvalue weighted by Crippen LogP contribution is -2.30. The third kappa shape index (κ3) is 47.1. The second-order valence-electron chi connectivity index (χ2n) is 16.0. The Kier molecular flexibility index (Phi) is 46.6. The molecule has 0 fully saturated rings. The summed E-state index contributed by atoms with van der Waals surface area (Å²) in [6, 6.07) is 0. The molecule has 1 unspecified atom stereocenters. The van der Waals surface area contributed by atoms with Gasteiger partial charge in [0, 0.05) is 12.8 Å². The number of carbonyl (C=O) groups excluding carboxylic acids is 3. The van der Waals surface area contributed by atoms with Gasteiger partial charge in [-0.15, -0.1) is 0 Å². The Labute approximate surface area is 380 Å². The molecule has 0 aliphatic carbocycles. The van der Waals surface area contributed by atoms with Gasteiger partial charge in [-0.25, -0.2) is 0 Å². The van der Waals surface area contributed by atoms with E-state index in [1.165, 1.54) is 57.8 Å². The summed E-state index contributed by atoms with van der Waals surface area (Å²) >= 11 is 0. The third-order valence-electron chi connectivity index (χ3n) is 10.0. The summed E-state index contributed by atoms with van der Waals surface area (Å²) in [6.07, 6.45) is 66.7. The van der Waals surface area contributed by atoms with Crippen molar-refractivity contribution >= 4 is 17.9 Å². The van der Waals surface area contributed by atoms with Crippen LogP contribution in [0.1, 0.15) is 207 Å². The number of carbonyl (C=O) groups is 3. The molecule has 0 rings (SSSR count). The van der Waals surface area contributed by atoms with Crippen molar-refractivity contribution in [3.05, 3.63) is 109 Å². The molecule has 0 aliphatic rings. The van der Waals surface area contributed by atoms with Crippen molar-refractivity contribution in [2.24, 2.45) is 0 Å². The summed E-state index contributed by atoms with van der Waals surface area (Å²) in [7, 11) is 0. The Bertz CT molecular complexity index is 1310. The van der Waals surface area contributed by atoms with Gasteiger partial charge in [0.05, 0.1) is 6.42 Å². The van der Waals surface area contributed by atoms with Gasteiger partial charge in [0.2, 0.25) is 0 Å². The molecule has 62 heavy (non-hydrogen) atoms.